The molecule has 0 spiro atoms. The van der Waals surface area contributed by atoms with Gasteiger partial charge in [0.05, 0.1) is 24.3 Å². The fraction of sp³-hybridized carbons (Fsp3) is 0.389. The number of hydrogen-bond acceptors (Lipinski definition) is 6. The van der Waals surface area contributed by atoms with Gasteiger partial charge in [-0.15, -0.1) is 0 Å². The van der Waals surface area contributed by atoms with Crippen LogP contribution in [0.3, 0.4) is 0 Å². The second-order valence-electron chi connectivity index (χ2n) is 11.8. The van der Waals surface area contributed by atoms with Gasteiger partial charge in [-0.1, -0.05) is 63.1 Å². The lowest BCUT2D eigenvalue weighted by molar-refractivity contribution is 0.0378. The van der Waals surface area contributed by atoms with Crippen LogP contribution in [0.5, 0.6) is 11.5 Å². The Morgan fingerprint density at radius 2 is 1.76 bits per heavy atom. The van der Waals surface area contributed by atoms with E-state index < -0.39 is 17.2 Å². The van der Waals surface area contributed by atoms with Gasteiger partial charge >= 0.3 is 0 Å². The maximum absolute atomic E-state index is 15.9. The Morgan fingerprint density at radius 3 is 2.49 bits per heavy atom. The Bertz CT molecular complexity index is 1730. The van der Waals surface area contributed by atoms with E-state index in [0.717, 1.165) is 76.1 Å². The van der Waals surface area contributed by atoms with E-state index in [1.807, 2.05) is 53.1 Å². The van der Waals surface area contributed by atoms with Crippen molar-refractivity contribution in [2.45, 2.75) is 52.0 Å². The van der Waals surface area contributed by atoms with Crippen molar-refractivity contribution in [1.29, 1.82) is 0 Å². The molecule has 45 heavy (non-hydrogen) atoms. The van der Waals surface area contributed by atoms with Gasteiger partial charge in [-0.2, -0.15) is 0 Å². The number of anilines is 1. The number of morpholine rings is 1. The molecule has 2 aliphatic heterocycles. The summed E-state index contributed by atoms with van der Waals surface area (Å²) >= 11 is 0. The second kappa shape index (κ2) is 13.8. The van der Waals surface area contributed by atoms with Crippen LogP contribution >= 0.6 is 0 Å². The van der Waals surface area contributed by atoms with Crippen molar-refractivity contribution in [2.75, 3.05) is 44.7 Å². The summed E-state index contributed by atoms with van der Waals surface area (Å²) in [5, 5.41) is 6.43. The van der Waals surface area contributed by atoms with Crippen LogP contribution in [0.4, 0.5) is 10.1 Å². The minimum atomic E-state index is -0.593. The number of aromatic nitrogens is 1. The number of ether oxygens (including phenoxy) is 2. The Morgan fingerprint density at radius 1 is 1.00 bits per heavy atom. The van der Waals surface area contributed by atoms with E-state index in [2.05, 4.69) is 29.4 Å². The molecule has 3 aromatic carbocycles. The molecule has 236 valence electrons. The highest BCUT2D eigenvalue weighted by Crippen LogP contribution is 2.46. The number of nitrogens with one attached hydrogen (secondary N) is 2. The number of pyridine rings is 1. The van der Waals surface area contributed by atoms with E-state index in [-0.39, 0.29) is 28.4 Å². The first-order valence-electron chi connectivity index (χ1n) is 16.1. The average molecular weight is 613 g/mol. The summed E-state index contributed by atoms with van der Waals surface area (Å²) in [7, 11) is 0. The van der Waals surface area contributed by atoms with Crippen molar-refractivity contribution < 1.29 is 18.7 Å². The summed E-state index contributed by atoms with van der Waals surface area (Å²) in [6.07, 6.45) is 5.86. The Labute approximate surface area is 263 Å². The van der Waals surface area contributed by atoms with Gasteiger partial charge in [0.25, 0.3) is 5.91 Å². The highest BCUT2D eigenvalue weighted by molar-refractivity contribution is 6.01. The normalized spacial score (nSPS) is 14.3. The summed E-state index contributed by atoms with van der Waals surface area (Å²) in [5.41, 5.74) is 2.75. The number of amides is 1. The predicted octanol–water partition coefficient (Wildman–Crippen LogP) is 6.74. The number of halogens is 1. The first-order valence-corrected chi connectivity index (χ1v) is 16.1. The van der Waals surface area contributed by atoms with E-state index in [9.17, 15) is 9.59 Å². The number of hydrogen-bond donors (Lipinski definition) is 2. The molecule has 6 rings (SSSR count). The molecule has 1 fully saturated rings. The van der Waals surface area contributed by atoms with E-state index in [4.69, 9.17) is 9.47 Å². The Hall–Kier alpha value is -4.21. The zero-order chi connectivity index (χ0) is 31.3. The van der Waals surface area contributed by atoms with Gasteiger partial charge in [0.2, 0.25) is 5.43 Å². The van der Waals surface area contributed by atoms with Crippen LogP contribution < -0.4 is 20.8 Å². The summed E-state index contributed by atoms with van der Waals surface area (Å²) in [6, 6.07) is 17.0. The predicted molar refractivity (Wildman–Crippen MR) is 176 cm³/mol. The lowest BCUT2D eigenvalue weighted by Crippen LogP contribution is -2.37. The van der Waals surface area contributed by atoms with Crippen molar-refractivity contribution in [3.05, 3.63) is 82.4 Å². The molecule has 2 N–H and O–H groups in total. The van der Waals surface area contributed by atoms with Gasteiger partial charge in [-0.25, -0.2) is 4.39 Å². The number of fused-ring (bicyclic) bond motifs is 2. The van der Waals surface area contributed by atoms with E-state index >= 15 is 4.39 Å². The highest BCUT2D eigenvalue weighted by Gasteiger charge is 2.29. The van der Waals surface area contributed by atoms with Crippen molar-refractivity contribution in [3.8, 4) is 28.3 Å². The topological polar surface area (TPSA) is 84.8 Å². The quantitative estimate of drug-likeness (QED) is 0.152. The molecule has 0 radical (unpaired) electrons. The molecular formula is C36H41FN4O4. The number of nitrogens with zero attached hydrogens (tertiary/aromatic N) is 2. The fourth-order valence-corrected chi connectivity index (χ4v) is 6.34. The molecule has 0 aliphatic carbocycles. The van der Waals surface area contributed by atoms with E-state index in [1.54, 1.807) is 6.20 Å². The van der Waals surface area contributed by atoms with Gasteiger partial charge in [0, 0.05) is 31.9 Å². The van der Waals surface area contributed by atoms with Gasteiger partial charge in [0.1, 0.15) is 16.8 Å². The zero-order valence-electron chi connectivity index (χ0n) is 26.0. The smallest absolute Gasteiger partial charge is 0.257 e. The number of carbonyl (C=O) groups excluding carboxylic acids is 1. The summed E-state index contributed by atoms with van der Waals surface area (Å²) in [5.74, 6) is -0.285. The SMILES string of the molecule is CCCC(CCC)NC(=O)c1cn2c3c(c(NCCCN4CCOCC4)c(F)cc3c1=O)Oc1ccc(-c3ccccc3)cc1-2. The molecule has 1 saturated heterocycles. The van der Waals surface area contributed by atoms with Crippen LogP contribution in [0.2, 0.25) is 0 Å². The van der Waals surface area contributed by atoms with Crippen LogP contribution in [0.1, 0.15) is 56.3 Å². The van der Waals surface area contributed by atoms with Crippen LogP contribution in [-0.4, -0.2) is 60.8 Å². The second-order valence-corrected chi connectivity index (χ2v) is 11.8. The van der Waals surface area contributed by atoms with Gasteiger partial charge < -0.3 is 24.7 Å². The minimum absolute atomic E-state index is 0.0192. The molecule has 0 unspecified atom stereocenters. The fourth-order valence-electron chi connectivity index (χ4n) is 6.34. The molecule has 4 aromatic rings. The number of benzene rings is 3. The lowest BCUT2D eigenvalue weighted by atomic mass is 10.0. The zero-order valence-corrected chi connectivity index (χ0v) is 26.0. The van der Waals surface area contributed by atoms with E-state index in [0.29, 0.717) is 23.5 Å². The Balaban J connectivity index is 1.43. The van der Waals surface area contributed by atoms with Crippen molar-refractivity contribution in [1.82, 2.24) is 14.8 Å². The summed E-state index contributed by atoms with van der Waals surface area (Å²) in [4.78, 5) is 29.8. The molecule has 0 atom stereocenters. The molecule has 1 amide bonds. The first kappa shape index (κ1) is 30.8. The summed E-state index contributed by atoms with van der Waals surface area (Å²) in [6.45, 7) is 8.77. The lowest BCUT2D eigenvalue weighted by Gasteiger charge is -2.28. The maximum Gasteiger partial charge on any atom is 0.257 e. The third-order valence-corrected chi connectivity index (χ3v) is 8.64. The van der Waals surface area contributed by atoms with Crippen LogP contribution in [0, 0.1) is 5.82 Å². The van der Waals surface area contributed by atoms with Gasteiger partial charge in [0.15, 0.2) is 17.3 Å². The molecule has 8 nitrogen and oxygen atoms in total. The Kier molecular flexibility index (Phi) is 9.47. The first-order chi connectivity index (χ1) is 22.0. The third-order valence-electron chi connectivity index (χ3n) is 8.64. The molecule has 1 aromatic heterocycles. The molecule has 0 bridgehead atoms. The molecule has 0 saturated carbocycles. The van der Waals surface area contributed by atoms with Gasteiger partial charge in [-0.3, -0.25) is 14.5 Å². The minimum Gasteiger partial charge on any atom is -0.451 e. The van der Waals surface area contributed by atoms with E-state index in [1.165, 1.54) is 6.07 Å². The standard InChI is InChI=1S/C36H41FN4O4/c1-3-9-26(10-4-2)39-36(43)28-23-41-30-21-25(24-11-6-5-7-12-24)13-14-31(30)45-35-32(29(37)22-27(33(35)41)34(28)42)38-15-8-16-40-17-19-44-20-18-40/h5-7,11-14,21-23,26,38H,3-4,8-10,15-20H2,1-2H3,(H,39,43). The number of rotatable bonds is 12. The average Bonchev–Trinajstić information content (AvgIpc) is 3.06. The van der Waals surface area contributed by atoms with Gasteiger partial charge in [-0.05, 0) is 55.1 Å². The molecular weight excluding hydrogens is 571 g/mol. The van der Waals surface area contributed by atoms with Crippen molar-refractivity contribution >= 4 is 22.5 Å². The van der Waals surface area contributed by atoms with Crippen LogP contribution in [-0.2, 0) is 4.74 Å². The largest absolute Gasteiger partial charge is 0.451 e. The maximum atomic E-state index is 15.9. The number of carbonyl (C=O) groups is 1. The van der Waals surface area contributed by atoms with Crippen molar-refractivity contribution in [2.24, 2.45) is 0 Å². The van der Waals surface area contributed by atoms with Crippen LogP contribution in [0.15, 0.2) is 65.6 Å². The molecule has 9 heteroatoms. The highest BCUT2D eigenvalue weighted by atomic mass is 19.1. The monoisotopic (exact) mass is 612 g/mol. The van der Waals surface area contributed by atoms with Crippen molar-refractivity contribution in [3.63, 3.8) is 0 Å². The molecule has 2 aliphatic rings. The molecule has 3 heterocycles. The van der Waals surface area contributed by atoms with Crippen LogP contribution in [0.25, 0.3) is 27.7 Å². The third kappa shape index (κ3) is 6.46. The summed E-state index contributed by atoms with van der Waals surface area (Å²) < 4.78 is 29.5.